The third-order valence-corrected chi connectivity index (χ3v) is 2.74. The molecule has 0 radical (unpaired) electrons. The maximum atomic E-state index is 8.94. The van der Waals surface area contributed by atoms with E-state index in [4.69, 9.17) is 21.4 Å². The van der Waals surface area contributed by atoms with Crippen molar-refractivity contribution in [3.05, 3.63) is 45.8 Å². The molecule has 0 aliphatic carbocycles. The summed E-state index contributed by atoms with van der Waals surface area (Å²) < 4.78 is 6.34. The molecule has 0 aliphatic rings. The minimum absolute atomic E-state index is 0.184. The molecule has 1 aromatic carbocycles. The fourth-order valence-electron chi connectivity index (χ4n) is 1.18. The first-order chi connectivity index (χ1) is 8.19. The second kappa shape index (κ2) is 5.44. The molecule has 2 aromatic rings. The summed E-state index contributed by atoms with van der Waals surface area (Å²) in [5.41, 5.74) is 0.439. The van der Waals surface area contributed by atoms with Crippen molar-refractivity contribution in [3.8, 4) is 11.6 Å². The maximum absolute atomic E-state index is 8.94. The van der Waals surface area contributed by atoms with Gasteiger partial charge in [-0.05, 0) is 18.2 Å². The van der Waals surface area contributed by atoms with Crippen molar-refractivity contribution in [2.24, 2.45) is 0 Å². The van der Waals surface area contributed by atoms with Crippen molar-refractivity contribution < 1.29 is 9.84 Å². The average molecular weight is 316 g/mol. The lowest BCUT2D eigenvalue weighted by atomic mass is 10.3. The van der Waals surface area contributed by atoms with Crippen LogP contribution in [0.25, 0.3) is 0 Å². The zero-order chi connectivity index (χ0) is 12.3. The maximum Gasteiger partial charge on any atom is 0.238 e. The van der Waals surface area contributed by atoms with Crippen molar-refractivity contribution in [1.29, 1.82) is 0 Å². The van der Waals surface area contributed by atoms with Gasteiger partial charge in [0.15, 0.2) is 0 Å². The summed E-state index contributed by atoms with van der Waals surface area (Å²) in [5.74, 6) is 0.766. The van der Waals surface area contributed by atoms with Gasteiger partial charge in [0.1, 0.15) is 5.75 Å². The highest BCUT2D eigenvalue weighted by atomic mass is 79.9. The van der Waals surface area contributed by atoms with Crippen molar-refractivity contribution in [3.63, 3.8) is 0 Å². The van der Waals surface area contributed by atoms with E-state index in [2.05, 4.69) is 25.9 Å². The topological polar surface area (TPSA) is 55.2 Å². The summed E-state index contributed by atoms with van der Waals surface area (Å²) in [4.78, 5) is 7.95. The highest BCUT2D eigenvalue weighted by molar-refractivity contribution is 9.10. The van der Waals surface area contributed by atoms with Crippen LogP contribution in [0.2, 0.25) is 5.02 Å². The zero-order valence-electron chi connectivity index (χ0n) is 8.60. The summed E-state index contributed by atoms with van der Waals surface area (Å²) in [5, 5.41) is 9.41. The van der Waals surface area contributed by atoms with E-state index in [1.807, 2.05) is 6.07 Å². The molecule has 1 N–H and O–H groups in total. The number of benzene rings is 1. The van der Waals surface area contributed by atoms with Crippen LogP contribution in [0.4, 0.5) is 0 Å². The predicted molar refractivity (Wildman–Crippen MR) is 67.2 cm³/mol. The molecular formula is C11H8BrClN2O2. The van der Waals surface area contributed by atoms with Gasteiger partial charge >= 0.3 is 0 Å². The van der Waals surface area contributed by atoms with Crippen LogP contribution in [0.5, 0.6) is 11.6 Å². The lowest BCUT2D eigenvalue weighted by molar-refractivity contribution is 0.274. The Kier molecular flexibility index (Phi) is 3.93. The minimum Gasteiger partial charge on any atom is -0.436 e. The van der Waals surface area contributed by atoms with E-state index in [1.54, 1.807) is 12.1 Å². The molecule has 17 heavy (non-hydrogen) atoms. The van der Waals surface area contributed by atoms with Crippen LogP contribution in [-0.2, 0) is 6.61 Å². The van der Waals surface area contributed by atoms with E-state index in [-0.39, 0.29) is 12.5 Å². The van der Waals surface area contributed by atoms with Crippen LogP contribution in [0.1, 0.15) is 5.69 Å². The van der Waals surface area contributed by atoms with Crippen LogP contribution in [0.3, 0.4) is 0 Å². The summed E-state index contributed by atoms with van der Waals surface area (Å²) in [6.07, 6.45) is 2.92. The molecule has 0 saturated carbocycles. The number of rotatable bonds is 3. The number of ether oxygens (including phenoxy) is 1. The van der Waals surface area contributed by atoms with Gasteiger partial charge in [0.25, 0.3) is 0 Å². The third kappa shape index (κ3) is 3.15. The number of halogens is 2. The Morgan fingerprint density at radius 1 is 1.35 bits per heavy atom. The van der Waals surface area contributed by atoms with Crippen LogP contribution >= 0.6 is 27.5 Å². The summed E-state index contributed by atoms with van der Waals surface area (Å²) in [6.45, 7) is -0.184. The summed E-state index contributed by atoms with van der Waals surface area (Å²) in [7, 11) is 0. The molecule has 1 aromatic heterocycles. The van der Waals surface area contributed by atoms with E-state index in [1.165, 1.54) is 12.4 Å². The Balaban J connectivity index is 2.27. The Labute approximate surface area is 111 Å². The lowest BCUT2D eigenvalue weighted by Crippen LogP contribution is -1.95. The second-order valence-corrected chi connectivity index (χ2v) is 4.51. The quantitative estimate of drug-likeness (QED) is 0.945. The third-order valence-electron chi connectivity index (χ3n) is 1.93. The Bertz CT molecular complexity index is 537. The SMILES string of the molecule is OCc1cncc(Oc2cc(Br)ccc2Cl)n1. The van der Waals surface area contributed by atoms with Gasteiger partial charge in [-0.15, -0.1) is 0 Å². The van der Waals surface area contributed by atoms with Crippen LogP contribution < -0.4 is 4.74 Å². The van der Waals surface area contributed by atoms with Crippen molar-refractivity contribution in [1.82, 2.24) is 9.97 Å². The average Bonchev–Trinajstić information content (AvgIpc) is 2.34. The van der Waals surface area contributed by atoms with Gasteiger partial charge in [0.2, 0.25) is 5.88 Å². The van der Waals surface area contributed by atoms with Gasteiger partial charge in [-0.25, -0.2) is 4.98 Å². The van der Waals surface area contributed by atoms with E-state index in [0.717, 1.165) is 4.47 Å². The standard InChI is InChI=1S/C11H8BrClN2O2/c12-7-1-2-9(13)10(3-7)17-11-5-14-4-8(6-16)15-11/h1-5,16H,6H2. The van der Waals surface area contributed by atoms with Gasteiger partial charge in [-0.1, -0.05) is 27.5 Å². The van der Waals surface area contributed by atoms with Gasteiger partial charge in [0, 0.05) is 4.47 Å². The number of aliphatic hydroxyl groups is 1. The van der Waals surface area contributed by atoms with Crippen molar-refractivity contribution in [2.75, 3.05) is 0 Å². The predicted octanol–water partition coefficient (Wildman–Crippen LogP) is 3.18. The minimum atomic E-state index is -0.184. The Morgan fingerprint density at radius 3 is 2.94 bits per heavy atom. The molecule has 0 amide bonds. The molecule has 4 nitrogen and oxygen atoms in total. The molecule has 88 valence electrons. The Morgan fingerprint density at radius 2 is 2.18 bits per heavy atom. The first-order valence-corrected chi connectivity index (χ1v) is 5.91. The molecule has 0 spiro atoms. The Hall–Kier alpha value is -1.17. The van der Waals surface area contributed by atoms with Crippen LogP contribution in [0.15, 0.2) is 35.1 Å². The fraction of sp³-hybridized carbons (Fsp3) is 0.0909. The molecule has 0 bridgehead atoms. The lowest BCUT2D eigenvalue weighted by Gasteiger charge is -2.07. The number of aromatic nitrogens is 2. The molecule has 0 atom stereocenters. The summed E-state index contributed by atoms with van der Waals surface area (Å²) >= 11 is 9.30. The van der Waals surface area contributed by atoms with Crippen molar-refractivity contribution in [2.45, 2.75) is 6.61 Å². The first kappa shape index (κ1) is 12.3. The number of aliphatic hydroxyl groups excluding tert-OH is 1. The van der Waals surface area contributed by atoms with Gasteiger partial charge < -0.3 is 9.84 Å². The number of nitrogens with zero attached hydrogens (tertiary/aromatic N) is 2. The molecule has 0 saturated heterocycles. The van der Waals surface area contributed by atoms with E-state index in [0.29, 0.717) is 16.5 Å². The smallest absolute Gasteiger partial charge is 0.238 e. The van der Waals surface area contributed by atoms with Gasteiger partial charge in [0.05, 0.1) is 29.7 Å². The molecular weight excluding hydrogens is 307 g/mol. The molecule has 6 heteroatoms. The monoisotopic (exact) mass is 314 g/mol. The van der Waals surface area contributed by atoms with Crippen molar-refractivity contribution >= 4 is 27.5 Å². The highest BCUT2D eigenvalue weighted by Crippen LogP contribution is 2.30. The molecule has 2 rings (SSSR count). The van der Waals surface area contributed by atoms with Crippen LogP contribution in [0, 0.1) is 0 Å². The molecule has 0 aliphatic heterocycles. The molecule has 0 unspecified atom stereocenters. The second-order valence-electron chi connectivity index (χ2n) is 3.18. The largest absolute Gasteiger partial charge is 0.436 e. The van der Waals surface area contributed by atoms with Crippen LogP contribution in [-0.4, -0.2) is 15.1 Å². The van der Waals surface area contributed by atoms with E-state index in [9.17, 15) is 0 Å². The van der Waals surface area contributed by atoms with Gasteiger partial charge in [-0.2, -0.15) is 0 Å². The zero-order valence-corrected chi connectivity index (χ0v) is 10.9. The molecule has 0 fully saturated rings. The van der Waals surface area contributed by atoms with E-state index >= 15 is 0 Å². The van der Waals surface area contributed by atoms with E-state index < -0.39 is 0 Å². The molecule has 1 heterocycles. The first-order valence-electron chi connectivity index (χ1n) is 4.73. The fourth-order valence-corrected chi connectivity index (χ4v) is 1.68. The number of hydrogen-bond donors (Lipinski definition) is 1. The highest BCUT2D eigenvalue weighted by Gasteiger charge is 2.06. The number of hydrogen-bond acceptors (Lipinski definition) is 4. The summed E-state index contributed by atoms with van der Waals surface area (Å²) in [6, 6.07) is 5.25. The van der Waals surface area contributed by atoms with Gasteiger partial charge in [-0.3, -0.25) is 4.98 Å². The normalized spacial score (nSPS) is 10.3.